The summed E-state index contributed by atoms with van der Waals surface area (Å²) >= 11 is 0. The molecule has 0 radical (unpaired) electrons. The van der Waals surface area contributed by atoms with Gasteiger partial charge < -0.3 is 10.4 Å². The molecule has 0 heterocycles. The molecule has 138 valence electrons. The number of benzene rings is 2. The minimum atomic E-state index is -4.50. The summed E-state index contributed by atoms with van der Waals surface area (Å²) in [6.07, 6.45) is -4.74. The normalized spacial score (nSPS) is 12.5. The Hall–Kier alpha value is -2.83. The van der Waals surface area contributed by atoms with Crippen molar-refractivity contribution >= 4 is 11.9 Å². The quantitative estimate of drug-likeness (QED) is 0.825. The van der Waals surface area contributed by atoms with E-state index in [1.54, 1.807) is 12.1 Å². The molecule has 2 rings (SSSR count). The molecule has 0 saturated heterocycles. The summed E-state index contributed by atoms with van der Waals surface area (Å²) in [5.41, 5.74) is 1.02. The fraction of sp³-hybridized carbons (Fsp3) is 0.263. The van der Waals surface area contributed by atoms with Gasteiger partial charge in [-0.15, -0.1) is 0 Å². The number of aryl methyl sites for hydroxylation is 1. The first-order valence-electron chi connectivity index (χ1n) is 7.89. The number of hydrogen-bond acceptors (Lipinski definition) is 2. The number of carboxylic acid groups (broad SMARTS) is 1. The van der Waals surface area contributed by atoms with Gasteiger partial charge in [0.15, 0.2) is 0 Å². The number of alkyl halides is 3. The molecule has 0 aliphatic rings. The minimum absolute atomic E-state index is 0.0886. The lowest BCUT2D eigenvalue weighted by Gasteiger charge is -2.15. The predicted octanol–water partition coefficient (Wildman–Crippen LogP) is 3.37. The average molecular weight is 365 g/mol. The van der Waals surface area contributed by atoms with Crippen molar-refractivity contribution < 1.29 is 27.9 Å². The number of carboxylic acids is 1. The number of halogens is 3. The Bertz CT molecular complexity index is 803. The zero-order chi connectivity index (χ0) is 19.3. The van der Waals surface area contributed by atoms with Crippen LogP contribution in [0.1, 0.15) is 22.3 Å². The maximum absolute atomic E-state index is 12.7. The highest BCUT2D eigenvalue weighted by molar-refractivity contribution is 5.85. The van der Waals surface area contributed by atoms with Crippen LogP contribution < -0.4 is 5.32 Å². The number of nitrogens with one attached hydrogen (secondary N) is 1. The van der Waals surface area contributed by atoms with E-state index in [-0.39, 0.29) is 18.4 Å². The summed E-state index contributed by atoms with van der Waals surface area (Å²) < 4.78 is 38.2. The SMILES string of the molecule is Cc1cccc(C[C@H](NC(=O)Cc2cccc(C(F)(F)F)c2)C(=O)O)c1. The molecular weight excluding hydrogens is 347 g/mol. The second-order valence-corrected chi connectivity index (χ2v) is 6.03. The molecule has 1 atom stereocenters. The number of carbonyl (C=O) groups excluding carboxylic acids is 1. The van der Waals surface area contributed by atoms with E-state index in [4.69, 9.17) is 0 Å². The van der Waals surface area contributed by atoms with Crippen LogP contribution in [-0.2, 0) is 28.6 Å². The summed E-state index contributed by atoms with van der Waals surface area (Å²) in [6, 6.07) is 10.5. The molecule has 26 heavy (non-hydrogen) atoms. The maximum atomic E-state index is 12.7. The van der Waals surface area contributed by atoms with E-state index in [2.05, 4.69) is 5.32 Å². The van der Waals surface area contributed by atoms with Gasteiger partial charge >= 0.3 is 12.1 Å². The lowest BCUT2D eigenvalue weighted by atomic mass is 10.0. The molecule has 7 heteroatoms. The third-order valence-corrected chi connectivity index (χ3v) is 3.77. The molecule has 2 aromatic carbocycles. The molecule has 0 unspecified atom stereocenters. The van der Waals surface area contributed by atoms with E-state index in [1.807, 2.05) is 19.1 Å². The van der Waals surface area contributed by atoms with E-state index in [1.165, 1.54) is 12.1 Å². The molecule has 2 N–H and O–H groups in total. The molecular formula is C19H18F3NO3. The van der Waals surface area contributed by atoms with Crippen molar-refractivity contribution in [2.75, 3.05) is 0 Å². The van der Waals surface area contributed by atoms with Gasteiger partial charge in [0, 0.05) is 6.42 Å². The highest BCUT2D eigenvalue weighted by Gasteiger charge is 2.30. The van der Waals surface area contributed by atoms with Crippen LogP contribution in [0.4, 0.5) is 13.2 Å². The third-order valence-electron chi connectivity index (χ3n) is 3.77. The van der Waals surface area contributed by atoms with Gasteiger partial charge in [0.2, 0.25) is 5.91 Å². The van der Waals surface area contributed by atoms with Gasteiger partial charge in [0.05, 0.1) is 12.0 Å². The zero-order valence-electron chi connectivity index (χ0n) is 14.0. The molecule has 2 aromatic rings. The molecule has 0 bridgehead atoms. The Morgan fingerprint density at radius 2 is 1.73 bits per heavy atom. The second kappa shape index (κ2) is 8.03. The van der Waals surface area contributed by atoms with Crippen molar-refractivity contribution in [2.45, 2.75) is 32.0 Å². The lowest BCUT2D eigenvalue weighted by molar-refractivity contribution is -0.141. The first-order chi connectivity index (χ1) is 12.1. The molecule has 0 saturated carbocycles. The topological polar surface area (TPSA) is 66.4 Å². The van der Waals surface area contributed by atoms with Gasteiger partial charge in [-0.25, -0.2) is 4.79 Å². The molecule has 1 amide bonds. The fourth-order valence-corrected chi connectivity index (χ4v) is 2.56. The molecule has 0 spiro atoms. The van der Waals surface area contributed by atoms with E-state index < -0.39 is 29.7 Å². The van der Waals surface area contributed by atoms with Gasteiger partial charge in [-0.05, 0) is 24.1 Å². The monoisotopic (exact) mass is 365 g/mol. The highest BCUT2D eigenvalue weighted by atomic mass is 19.4. The van der Waals surface area contributed by atoms with Gasteiger partial charge in [-0.2, -0.15) is 13.2 Å². The standard InChI is InChI=1S/C19H18F3NO3/c1-12-4-2-5-13(8-12)10-16(18(25)26)23-17(24)11-14-6-3-7-15(9-14)19(20,21)22/h2-9,16H,10-11H2,1H3,(H,23,24)(H,25,26)/t16-/m0/s1. The Morgan fingerprint density at radius 3 is 2.35 bits per heavy atom. The van der Waals surface area contributed by atoms with Crippen LogP contribution in [0.25, 0.3) is 0 Å². The number of aliphatic carboxylic acids is 1. The van der Waals surface area contributed by atoms with Crippen LogP contribution in [0.3, 0.4) is 0 Å². The van der Waals surface area contributed by atoms with E-state index in [0.29, 0.717) is 0 Å². The van der Waals surface area contributed by atoms with Gasteiger partial charge in [0.1, 0.15) is 6.04 Å². The Morgan fingerprint density at radius 1 is 1.08 bits per heavy atom. The zero-order valence-corrected chi connectivity index (χ0v) is 14.0. The van der Waals surface area contributed by atoms with Crippen molar-refractivity contribution in [3.8, 4) is 0 Å². The van der Waals surface area contributed by atoms with Gasteiger partial charge in [-0.3, -0.25) is 4.79 Å². The molecule has 0 fully saturated rings. The van der Waals surface area contributed by atoms with Crippen LogP contribution in [0.5, 0.6) is 0 Å². The van der Waals surface area contributed by atoms with E-state index in [9.17, 15) is 27.9 Å². The molecule has 4 nitrogen and oxygen atoms in total. The van der Waals surface area contributed by atoms with Crippen LogP contribution in [-0.4, -0.2) is 23.0 Å². The van der Waals surface area contributed by atoms with Crippen molar-refractivity contribution in [1.29, 1.82) is 0 Å². The van der Waals surface area contributed by atoms with Gasteiger partial charge in [-0.1, -0.05) is 48.0 Å². The lowest BCUT2D eigenvalue weighted by Crippen LogP contribution is -2.43. The Kier molecular flexibility index (Phi) is 6.02. The third kappa shape index (κ3) is 5.61. The number of amides is 1. The summed E-state index contributed by atoms with van der Waals surface area (Å²) in [5, 5.41) is 11.7. The summed E-state index contributed by atoms with van der Waals surface area (Å²) in [5.74, 6) is -1.85. The highest BCUT2D eigenvalue weighted by Crippen LogP contribution is 2.29. The number of hydrogen-bond donors (Lipinski definition) is 2. The fourth-order valence-electron chi connectivity index (χ4n) is 2.56. The molecule has 0 aliphatic heterocycles. The summed E-state index contributed by atoms with van der Waals surface area (Å²) in [7, 11) is 0. The molecule has 0 aromatic heterocycles. The first-order valence-corrected chi connectivity index (χ1v) is 7.89. The van der Waals surface area contributed by atoms with Crippen LogP contribution in [0.15, 0.2) is 48.5 Å². The largest absolute Gasteiger partial charge is 0.480 e. The maximum Gasteiger partial charge on any atom is 0.416 e. The second-order valence-electron chi connectivity index (χ2n) is 6.03. The predicted molar refractivity (Wildman–Crippen MR) is 89.6 cm³/mol. The molecule has 0 aliphatic carbocycles. The number of rotatable bonds is 6. The van der Waals surface area contributed by atoms with Crippen molar-refractivity contribution in [3.05, 3.63) is 70.8 Å². The summed E-state index contributed by atoms with van der Waals surface area (Å²) in [4.78, 5) is 23.5. The van der Waals surface area contributed by atoms with E-state index >= 15 is 0 Å². The summed E-state index contributed by atoms with van der Waals surface area (Å²) in [6.45, 7) is 1.87. The van der Waals surface area contributed by atoms with Crippen molar-refractivity contribution in [1.82, 2.24) is 5.32 Å². The minimum Gasteiger partial charge on any atom is -0.480 e. The average Bonchev–Trinajstić information content (AvgIpc) is 2.53. The van der Waals surface area contributed by atoms with Crippen molar-refractivity contribution in [3.63, 3.8) is 0 Å². The number of carbonyl (C=O) groups is 2. The van der Waals surface area contributed by atoms with Crippen LogP contribution in [0, 0.1) is 6.92 Å². The van der Waals surface area contributed by atoms with Gasteiger partial charge in [0.25, 0.3) is 0 Å². The van der Waals surface area contributed by atoms with Crippen LogP contribution in [0.2, 0.25) is 0 Å². The van der Waals surface area contributed by atoms with Crippen molar-refractivity contribution in [2.24, 2.45) is 0 Å². The first kappa shape index (κ1) is 19.5. The van der Waals surface area contributed by atoms with Crippen LogP contribution >= 0.6 is 0 Å². The smallest absolute Gasteiger partial charge is 0.416 e. The van der Waals surface area contributed by atoms with E-state index in [0.717, 1.165) is 23.3 Å². The Balaban J connectivity index is 2.05. The Labute approximate surface area is 148 Å².